The van der Waals surface area contributed by atoms with Gasteiger partial charge in [0.2, 0.25) is 0 Å². The number of amides is 1. The normalized spacial score (nSPS) is 18.2. The van der Waals surface area contributed by atoms with Crippen molar-refractivity contribution in [1.29, 1.82) is 0 Å². The minimum absolute atomic E-state index is 0.141. The molecule has 5 nitrogen and oxygen atoms in total. The molecule has 0 spiro atoms. The van der Waals surface area contributed by atoms with Crippen LogP contribution in [0.15, 0.2) is 24.3 Å². The van der Waals surface area contributed by atoms with Crippen LogP contribution in [0, 0.1) is 11.7 Å². The second-order valence-electron chi connectivity index (χ2n) is 7.19. The highest BCUT2D eigenvalue weighted by molar-refractivity contribution is 5.80. The summed E-state index contributed by atoms with van der Waals surface area (Å²) in [6.07, 6.45) is 6.25. The molecule has 1 aliphatic heterocycles. The summed E-state index contributed by atoms with van der Waals surface area (Å²) in [5.74, 6) is -0.0109. The molecule has 6 heteroatoms. The molecule has 1 heterocycles. The van der Waals surface area contributed by atoms with Gasteiger partial charge >= 0.3 is 5.97 Å². The number of halogens is 1. The highest BCUT2D eigenvalue weighted by Crippen LogP contribution is 2.28. The van der Waals surface area contributed by atoms with Crippen LogP contribution in [0.25, 0.3) is 0 Å². The Bertz CT molecular complexity index is 606. The molecule has 1 amide bonds. The Morgan fingerprint density at radius 3 is 2.35 bits per heavy atom. The third-order valence-corrected chi connectivity index (χ3v) is 5.41. The molecule has 0 radical (unpaired) electrons. The zero-order valence-corrected chi connectivity index (χ0v) is 15.2. The molecule has 2 aliphatic rings. The molecule has 0 aromatic heterocycles. The van der Waals surface area contributed by atoms with Crippen LogP contribution >= 0.6 is 0 Å². The SMILES string of the molecule is O=C(CCC1CCCC1)OCC(=O)N1CCN(c2ccc(F)cc2)CC1. The zero-order chi connectivity index (χ0) is 18.4. The van der Waals surface area contributed by atoms with Crippen molar-refractivity contribution >= 4 is 17.6 Å². The molecular formula is C20H27FN2O3. The third-order valence-electron chi connectivity index (χ3n) is 5.41. The number of hydrogen-bond donors (Lipinski definition) is 0. The first-order valence-corrected chi connectivity index (χ1v) is 9.56. The van der Waals surface area contributed by atoms with Gasteiger partial charge in [-0.3, -0.25) is 9.59 Å². The van der Waals surface area contributed by atoms with E-state index in [1.54, 1.807) is 17.0 Å². The van der Waals surface area contributed by atoms with Crippen molar-refractivity contribution in [2.45, 2.75) is 38.5 Å². The van der Waals surface area contributed by atoms with Gasteiger partial charge in [0.05, 0.1) is 0 Å². The number of piperazine rings is 1. The number of hydrogen-bond acceptors (Lipinski definition) is 4. The highest BCUT2D eigenvalue weighted by Gasteiger charge is 2.22. The fourth-order valence-electron chi connectivity index (χ4n) is 3.79. The molecule has 0 bridgehead atoms. The van der Waals surface area contributed by atoms with Gasteiger partial charge in [-0.05, 0) is 36.6 Å². The summed E-state index contributed by atoms with van der Waals surface area (Å²) >= 11 is 0. The van der Waals surface area contributed by atoms with Crippen LogP contribution in [-0.2, 0) is 14.3 Å². The van der Waals surface area contributed by atoms with Crippen molar-refractivity contribution in [2.75, 3.05) is 37.7 Å². The van der Waals surface area contributed by atoms with Gasteiger partial charge in [-0.1, -0.05) is 25.7 Å². The van der Waals surface area contributed by atoms with Gasteiger partial charge in [0.1, 0.15) is 5.82 Å². The first-order valence-electron chi connectivity index (χ1n) is 9.56. The molecule has 1 aliphatic carbocycles. The molecular weight excluding hydrogens is 335 g/mol. The Morgan fingerprint density at radius 1 is 1.04 bits per heavy atom. The van der Waals surface area contributed by atoms with Crippen molar-refractivity contribution in [3.8, 4) is 0 Å². The van der Waals surface area contributed by atoms with Crippen molar-refractivity contribution in [3.63, 3.8) is 0 Å². The summed E-state index contributed by atoms with van der Waals surface area (Å²) < 4.78 is 18.2. The van der Waals surface area contributed by atoms with E-state index in [-0.39, 0.29) is 24.3 Å². The lowest BCUT2D eigenvalue weighted by atomic mass is 10.0. The maximum Gasteiger partial charge on any atom is 0.306 e. The van der Waals surface area contributed by atoms with Gasteiger partial charge < -0.3 is 14.5 Å². The van der Waals surface area contributed by atoms with E-state index >= 15 is 0 Å². The predicted octanol–water partition coefficient (Wildman–Crippen LogP) is 2.99. The van der Waals surface area contributed by atoms with E-state index < -0.39 is 0 Å². The maximum atomic E-state index is 13.0. The predicted molar refractivity (Wildman–Crippen MR) is 97.3 cm³/mol. The summed E-state index contributed by atoms with van der Waals surface area (Å²) in [6, 6.07) is 6.38. The molecule has 0 atom stereocenters. The summed E-state index contributed by atoms with van der Waals surface area (Å²) in [5.41, 5.74) is 0.955. The van der Waals surface area contributed by atoms with Crippen LogP contribution in [-0.4, -0.2) is 49.6 Å². The van der Waals surface area contributed by atoms with Gasteiger partial charge in [-0.2, -0.15) is 0 Å². The summed E-state index contributed by atoms with van der Waals surface area (Å²) in [5, 5.41) is 0. The molecule has 1 aromatic rings. The van der Waals surface area contributed by atoms with Crippen LogP contribution < -0.4 is 4.90 Å². The van der Waals surface area contributed by atoms with Crippen LogP contribution in [0.4, 0.5) is 10.1 Å². The van der Waals surface area contributed by atoms with E-state index in [1.807, 2.05) is 0 Å². The molecule has 0 N–H and O–H groups in total. The van der Waals surface area contributed by atoms with Gasteiger partial charge in [-0.15, -0.1) is 0 Å². The molecule has 3 rings (SSSR count). The van der Waals surface area contributed by atoms with Crippen molar-refractivity contribution in [1.82, 2.24) is 4.90 Å². The Balaban J connectivity index is 1.35. The van der Waals surface area contributed by atoms with Gasteiger partial charge in [0, 0.05) is 38.3 Å². The second-order valence-corrected chi connectivity index (χ2v) is 7.19. The number of carbonyl (C=O) groups excluding carboxylic acids is 2. The lowest BCUT2D eigenvalue weighted by molar-refractivity contribution is -0.152. The third kappa shape index (κ3) is 5.19. The van der Waals surface area contributed by atoms with Crippen LogP contribution in [0.2, 0.25) is 0 Å². The first kappa shape index (κ1) is 18.7. The van der Waals surface area contributed by atoms with E-state index in [2.05, 4.69) is 4.90 Å². The summed E-state index contributed by atoms with van der Waals surface area (Å²) in [7, 11) is 0. The number of carbonyl (C=O) groups is 2. The largest absolute Gasteiger partial charge is 0.456 e. The highest BCUT2D eigenvalue weighted by atomic mass is 19.1. The van der Waals surface area contributed by atoms with E-state index in [4.69, 9.17) is 4.74 Å². The number of rotatable bonds is 6. The van der Waals surface area contributed by atoms with Gasteiger partial charge in [-0.25, -0.2) is 4.39 Å². The zero-order valence-electron chi connectivity index (χ0n) is 15.2. The Labute approximate surface area is 154 Å². The Hall–Kier alpha value is -2.11. The minimum Gasteiger partial charge on any atom is -0.456 e. The molecule has 0 unspecified atom stereocenters. The van der Waals surface area contributed by atoms with Gasteiger partial charge in [0.25, 0.3) is 5.91 Å². The molecule has 1 aromatic carbocycles. The van der Waals surface area contributed by atoms with E-state index in [1.165, 1.54) is 37.8 Å². The van der Waals surface area contributed by atoms with Crippen molar-refractivity contribution < 1.29 is 18.7 Å². The first-order chi connectivity index (χ1) is 12.6. The fraction of sp³-hybridized carbons (Fsp3) is 0.600. The molecule has 1 saturated heterocycles. The Morgan fingerprint density at radius 2 is 1.69 bits per heavy atom. The molecule has 2 fully saturated rings. The average molecular weight is 362 g/mol. The lowest BCUT2D eigenvalue weighted by Gasteiger charge is -2.36. The van der Waals surface area contributed by atoms with Crippen molar-refractivity contribution in [3.05, 3.63) is 30.1 Å². The van der Waals surface area contributed by atoms with Gasteiger partial charge in [0.15, 0.2) is 6.61 Å². The van der Waals surface area contributed by atoms with E-state index in [0.717, 1.165) is 12.1 Å². The smallest absolute Gasteiger partial charge is 0.306 e. The number of anilines is 1. The van der Waals surface area contributed by atoms with Crippen molar-refractivity contribution in [2.24, 2.45) is 5.92 Å². The number of esters is 1. The Kier molecular flexibility index (Phi) is 6.47. The lowest BCUT2D eigenvalue weighted by Crippen LogP contribution is -2.49. The van der Waals surface area contributed by atoms with Crippen LogP contribution in [0.1, 0.15) is 38.5 Å². The number of benzene rings is 1. The summed E-state index contributed by atoms with van der Waals surface area (Å²) in [6.45, 7) is 2.37. The number of ether oxygens (including phenoxy) is 1. The quantitative estimate of drug-likeness (QED) is 0.730. The number of nitrogens with zero attached hydrogens (tertiary/aromatic N) is 2. The molecule has 26 heavy (non-hydrogen) atoms. The second kappa shape index (κ2) is 9.01. The molecule has 142 valence electrons. The molecule has 1 saturated carbocycles. The summed E-state index contributed by atoms with van der Waals surface area (Å²) in [4.78, 5) is 27.9. The average Bonchev–Trinajstić information content (AvgIpc) is 3.19. The monoisotopic (exact) mass is 362 g/mol. The topological polar surface area (TPSA) is 49.9 Å². The standard InChI is InChI=1S/C20H27FN2O3/c21-17-6-8-18(9-7-17)22-11-13-23(14-12-22)19(24)15-26-20(25)10-5-16-3-1-2-4-16/h6-9,16H,1-5,10-15H2. The van der Waals surface area contributed by atoms with Crippen LogP contribution in [0.5, 0.6) is 0 Å². The van der Waals surface area contributed by atoms with Crippen LogP contribution in [0.3, 0.4) is 0 Å². The maximum absolute atomic E-state index is 13.0. The van der Waals surface area contributed by atoms with E-state index in [9.17, 15) is 14.0 Å². The minimum atomic E-state index is -0.268. The van der Waals surface area contributed by atoms with E-state index in [0.29, 0.717) is 38.5 Å². The fourth-order valence-corrected chi connectivity index (χ4v) is 3.79.